The Balaban J connectivity index is 1.57. The van der Waals surface area contributed by atoms with E-state index in [1.807, 2.05) is 30.3 Å². The number of amides is 1. The van der Waals surface area contributed by atoms with Gasteiger partial charge < -0.3 is 19.2 Å². The van der Waals surface area contributed by atoms with Crippen LogP contribution in [-0.4, -0.2) is 30.1 Å². The van der Waals surface area contributed by atoms with Crippen LogP contribution in [-0.2, 0) is 9.53 Å². The minimum Gasteiger partial charge on any atom is -0.495 e. The first-order chi connectivity index (χ1) is 14.1. The molecule has 2 heterocycles. The van der Waals surface area contributed by atoms with E-state index in [1.54, 1.807) is 24.4 Å². The quantitative estimate of drug-likeness (QED) is 0.514. The molecule has 0 radical (unpaired) electrons. The zero-order valence-electron chi connectivity index (χ0n) is 15.8. The van der Waals surface area contributed by atoms with Crippen LogP contribution in [0.25, 0.3) is 21.9 Å². The molecule has 0 aliphatic carbocycles. The minimum absolute atomic E-state index is 0.272. The monoisotopic (exact) mass is 390 g/mol. The van der Waals surface area contributed by atoms with Gasteiger partial charge in [0.15, 0.2) is 6.10 Å². The highest BCUT2D eigenvalue weighted by atomic mass is 16.5. The molecule has 0 saturated heterocycles. The van der Waals surface area contributed by atoms with Crippen LogP contribution in [0.1, 0.15) is 17.3 Å². The highest BCUT2D eigenvalue weighted by Crippen LogP contribution is 2.36. The summed E-state index contributed by atoms with van der Waals surface area (Å²) in [5, 5.41) is 4.57. The Morgan fingerprint density at radius 1 is 1.07 bits per heavy atom. The van der Waals surface area contributed by atoms with Crippen LogP contribution in [0.2, 0.25) is 0 Å². The lowest BCUT2D eigenvalue weighted by molar-refractivity contribution is -0.123. The number of rotatable bonds is 5. The standard InChI is InChI=1S/C22H18N2O5/c1-13(28-22(26)14-6-5-9-23-12-14)21(25)24-17-11-19-16(10-20(17)27-2)15-7-3-4-8-18(15)29-19/h3-13H,1-2H3,(H,24,25). The van der Waals surface area contributed by atoms with Crippen LogP contribution in [0.5, 0.6) is 5.75 Å². The third kappa shape index (κ3) is 3.62. The van der Waals surface area contributed by atoms with Gasteiger partial charge in [-0.2, -0.15) is 0 Å². The Labute approximate surface area is 166 Å². The number of ether oxygens (including phenoxy) is 2. The zero-order chi connectivity index (χ0) is 20.4. The molecule has 7 nitrogen and oxygen atoms in total. The summed E-state index contributed by atoms with van der Waals surface area (Å²) in [5.41, 5.74) is 2.05. The van der Waals surface area contributed by atoms with Crippen LogP contribution in [0.4, 0.5) is 5.69 Å². The maximum Gasteiger partial charge on any atom is 0.340 e. The Hall–Kier alpha value is -3.87. The summed E-state index contributed by atoms with van der Waals surface area (Å²) in [6, 6.07) is 14.3. The number of pyridine rings is 1. The number of benzene rings is 2. The van der Waals surface area contributed by atoms with Crippen molar-refractivity contribution in [1.29, 1.82) is 0 Å². The molecule has 1 unspecified atom stereocenters. The van der Waals surface area contributed by atoms with E-state index < -0.39 is 18.0 Å². The molecular formula is C22H18N2O5. The number of aromatic nitrogens is 1. The lowest BCUT2D eigenvalue weighted by Crippen LogP contribution is -2.30. The zero-order valence-corrected chi connectivity index (χ0v) is 15.8. The molecular weight excluding hydrogens is 372 g/mol. The molecule has 0 aliphatic rings. The topological polar surface area (TPSA) is 90.7 Å². The molecule has 0 saturated carbocycles. The third-order valence-electron chi connectivity index (χ3n) is 4.51. The Morgan fingerprint density at radius 3 is 2.66 bits per heavy atom. The first-order valence-electron chi connectivity index (χ1n) is 8.98. The predicted octanol–water partition coefficient (Wildman–Crippen LogP) is 4.17. The number of nitrogens with one attached hydrogen (secondary N) is 1. The van der Waals surface area contributed by atoms with Crippen molar-refractivity contribution < 1.29 is 23.5 Å². The first-order valence-corrected chi connectivity index (χ1v) is 8.98. The normalized spacial score (nSPS) is 11.9. The van der Waals surface area contributed by atoms with E-state index in [0.717, 1.165) is 16.4 Å². The summed E-state index contributed by atoms with van der Waals surface area (Å²) in [7, 11) is 1.52. The van der Waals surface area contributed by atoms with Crippen molar-refractivity contribution >= 4 is 39.5 Å². The number of anilines is 1. The lowest BCUT2D eigenvalue weighted by Gasteiger charge is -2.15. The number of furan rings is 1. The summed E-state index contributed by atoms with van der Waals surface area (Å²) < 4.78 is 16.5. The van der Waals surface area contributed by atoms with Gasteiger partial charge in [0.25, 0.3) is 5.91 Å². The Kier molecular flexibility index (Phi) is 4.87. The number of fused-ring (bicyclic) bond motifs is 3. The van der Waals surface area contributed by atoms with Crippen LogP contribution < -0.4 is 10.1 Å². The second-order valence-corrected chi connectivity index (χ2v) is 6.43. The van der Waals surface area contributed by atoms with E-state index in [4.69, 9.17) is 13.9 Å². The number of para-hydroxylation sites is 1. The number of hydrogen-bond donors (Lipinski definition) is 1. The molecule has 1 N–H and O–H groups in total. The number of carbonyl (C=O) groups is 2. The molecule has 0 aliphatic heterocycles. The summed E-state index contributed by atoms with van der Waals surface area (Å²) >= 11 is 0. The van der Waals surface area contributed by atoms with Gasteiger partial charge in [-0.1, -0.05) is 18.2 Å². The average molecular weight is 390 g/mol. The summed E-state index contributed by atoms with van der Waals surface area (Å²) in [5.74, 6) is -0.639. The van der Waals surface area contributed by atoms with Crippen molar-refractivity contribution in [3.8, 4) is 5.75 Å². The van der Waals surface area contributed by atoms with Gasteiger partial charge in [0.1, 0.15) is 16.9 Å². The molecule has 2 aromatic heterocycles. The molecule has 4 aromatic rings. The average Bonchev–Trinajstić information content (AvgIpc) is 3.11. The second-order valence-electron chi connectivity index (χ2n) is 6.43. The van der Waals surface area contributed by atoms with Crippen molar-refractivity contribution in [2.45, 2.75) is 13.0 Å². The maximum absolute atomic E-state index is 12.6. The van der Waals surface area contributed by atoms with Crippen molar-refractivity contribution in [2.75, 3.05) is 12.4 Å². The SMILES string of the molecule is COc1cc2c(cc1NC(=O)C(C)OC(=O)c1cccnc1)oc1ccccc12. The molecule has 4 rings (SSSR count). The fourth-order valence-corrected chi connectivity index (χ4v) is 3.02. The summed E-state index contributed by atoms with van der Waals surface area (Å²) in [4.78, 5) is 28.6. The van der Waals surface area contributed by atoms with Gasteiger partial charge in [-0.3, -0.25) is 9.78 Å². The molecule has 0 fully saturated rings. The van der Waals surface area contributed by atoms with E-state index in [-0.39, 0.29) is 5.56 Å². The number of methoxy groups -OCH3 is 1. The molecule has 29 heavy (non-hydrogen) atoms. The van der Waals surface area contributed by atoms with Gasteiger partial charge in [-0.05, 0) is 31.2 Å². The van der Waals surface area contributed by atoms with Gasteiger partial charge in [0, 0.05) is 29.2 Å². The summed E-state index contributed by atoms with van der Waals surface area (Å²) in [6.45, 7) is 1.50. The molecule has 146 valence electrons. The highest BCUT2D eigenvalue weighted by molar-refractivity contribution is 6.08. The van der Waals surface area contributed by atoms with Crippen molar-refractivity contribution in [2.24, 2.45) is 0 Å². The number of esters is 1. The Morgan fingerprint density at radius 2 is 1.90 bits per heavy atom. The third-order valence-corrected chi connectivity index (χ3v) is 4.51. The molecule has 1 amide bonds. The van der Waals surface area contributed by atoms with E-state index >= 15 is 0 Å². The number of nitrogens with zero attached hydrogens (tertiary/aromatic N) is 1. The Bertz CT molecular complexity index is 1200. The lowest BCUT2D eigenvalue weighted by atomic mass is 10.1. The van der Waals surface area contributed by atoms with Gasteiger partial charge in [0.2, 0.25) is 0 Å². The van der Waals surface area contributed by atoms with Gasteiger partial charge in [-0.25, -0.2) is 4.79 Å². The van der Waals surface area contributed by atoms with Gasteiger partial charge in [-0.15, -0.1) is 0 Å². The molecule has 1 atom stereocenters. The maximum atomic E-state index is 12.6. The fraction of sp³-hybridized carbons (Fsp3) is 0.136. The fourth-order valence-electron chi connectivity index (χ4n) is 3.02. The van der Waals surface area contributed by atoms with E-state index in [2.05, 4.69) is 10.3 Å². The molecule has 0 bridgehead atoms. The van der Waals surface area contributed by atoms with Crippen LogP contribution in [0.3, 0.4) is 0 Å². The van der Waals surface area contributed by atoms with Crippen molar-refractivity contribution in [3.63, 3.8) is 0 Å². The largest absolute Gasteiger partial charge is 0.495 e. The van der Waals surface area contributed by atoms with Crippen LogP contribution in [0.15, 0.2) is 65.3 Å². The van der Waals surface area contributed by atoms with Gasteiger partial charge in [0.05, 0.1) is 18.4 Å². The van der Waals surface area contributed by atoms with Crippen LogP contribution in [0, 0.1) is 0 Å². The molecule has 0 spiro atoms. The van der Waals surface area contributed by atoms with E-state index in [1.165, 1.54) is 20.2 Å². The molecule has 2 aromatic carbocycles. The van der Waals surface area contributed by atoms with Crippen LogP contribution >= 0.6 is 0 Å². The number of hydrogen-bond acceptors (Lipinski definition) is 6. The predicted molar refractivity (Wildman–Crippen MR) is 108 cm³/mol. The highest BCUT2D eigenvalue weighted by Gasteiger charge is 2.21. The van der Waals surface area contributed by atoms with E-state index in [9.17, 15) is 9.59 Å². The van der Waals surface area contributed by atoms with Crippen molar-refractivity contribution in [3.05, 3.63) is 66.5 Å². The van der Waals surface area contributed by atoms with Crippen molar-refractivity contribution in [1.82, 2.24) is 4.98 Å². The second kappa shape index (κ2) is 7.63. The minimum atomic E-state index is -1.02. The number of carbonyl (C=O) groups excluding carboxylic acids is 2. The summed E-state index contributed by atoms with van der Waals surface area (Å²) in [6.07, 6.45) is 1.91. The van der Waals surface area contributed by atoms with E-state index in [0.29, 0.717) is 17.0 Å². The van der Waals surface area contributed by atoms with Gasteiger partial charge >= 0.3 is 5.97 Å². The smallest absolute Gasteiger partial charge is 0.340 e. The first kappa shape index (κ1) is 18.5. The molecule has 7 heteroatoms.